The van der Waals surface area contributed by atoms with Crippen LogP contribution in [0.2, 0.25) is 0 Å². The SMILES string of the molecule is CCCCCCCCCn1cc(CCCCl)nn1. The molecule has 0 aliphatic heterocycles. The molecule has 1 aromatic heterocycles. The fourth-order valence-corrected chi connectivity index (χ4v) is 2.17. The molecule has 0 unspecified atom stereocenters. The molecule has 0 aliphatic rings. The number of rotatable bonds is 11. The molecule has 1 heterocycles. The van der Waals surface area contributed by atoms with E-state index in [2.05, 4.69) is 23.4 Å². The molecule has 1 rings (SSSR count). The van der Waals surface area contributed by atoms with Gasteiger partial charge in [0.25, 0.3) is 0 Å². The third-order valence-electron chi connectivity index (χ3n) is 3.14. The molecular formula is C14H26ClN3. The van der Waals surface area contributed by atoms with Crippen molar-refractivity contribution in [1.29, 1.82) is 0 Å². The van der Waals surface area contributed by atoms with Crippen LogP contribution in [-0.4, -0.2) is 20.9 Å². The number of halogens is 1. The van der Waals surface area contributed by atoms with Gasteiger partial charge in [0, 0.05) is 18.6 Å². The van der Waals surface area contributed by atoms with E-state index >= 15 is 0 Å². The summed E-state index contributed by atoms with van der Waals surface area (Å²) in [6.07, 6.45) is 13.3. The molecular weight excluding hydrogens is 246 g/mol. The van der Waals surface area contributed by atoms with E-state index in [0.29, 0.717) is 5.88 Å². The number of unbranched alkanes of at least 4 members (excludes halogenated alkanes) is 6. The van der Waals surface area contributed by atoms with E-state index in [0.717, 1.165) is 25.1 Å². The van der Waals surface area contributed by atoms with Crippen LogP contribution in [-0.2, 0) is 13.0 Å². The molecule has 0 spiro atoms. The lowest BCUT2D eigenvalue weighted by Crippen LogP contribution is -1.98. The molecule has 0 saturated heterocycles. The summed E-state index contributed by atoms with van der Waals surface area (Å²) in [5.41, 5.74) is 1.07. The zero-order chi connectivity index (χ0) is 13.1. The quantitative estimate of drug-likeness (QED) is 0.446. The second-order valence-electron chi connectivity index (χ2n) is 4.89. The van der Waals surface area contributed by atoms with Crippen molar-refractivity contribution < 1.29 is 0 Å². The lowest BCUT2D eigenvalue weighted by Gasteiger charge is -2.01. The smallest absolute Gasteiger partial charge is 0.0827 e. The molecule has 18 heavy (non-hydrogen) atoms. The van der Waals surface area contributed by atoms with Gasteiger partial charge in [-0.3, -0.25) is 4.68 Å². The first-order valence-electron chi connectivity index (χ1n) is 7.31. The minimum absolute atomic E-state index is 0.699. The average Bonchev–Trinajstić information content (AvgIpc) is 2.83. The predicted octanol–water partition coefficient (Wildman–Crippen LogP) is 4.20. The van der Waals surface area contributed by atoms with Crippen LogP contribution in [0.5, 0.6) is 0 Å². The predicted molar refractivity (Wildman–Crippen MR) is 77.1 cm³/mol. The summed E-state index contributed by atoms with van der Waals surface area (Å²) in [5, 5.41) is 8.29. The highest BCUT2D eigenvalue weighted by atomic mass is 35.5. The van der Waals surface area contributed by atoms with Crippen molar-refractivity contribution in [2.75, 3.05) is 5.88 Å². The number of aromatic nitrogens is 3. The number of hydrogen-bond acceptors (Lipinski definition) is 2. The summed E-state index contributed by atoms with van der Waals surface area (Å²) in [5.74, 6) is 0.699. The summed E-state index contributed by atoms with van der Waals surface area (Å²) in [6.45, 7) is 3.26. The Labute approximate surface area is 116 Å². The minimum atomic E-state index is 0.699. The van der Waals surface area contributed by atoms with E-state index in [9.17, 15) is 0 Å². The molecule has 1 aromatic rings. The van der Waals surface area contributed by atoms with Crippen LogP contribution in [0, 0.1) is 0 Å². The highest BCUT2D eigenvalue weighted by molar-refractivity contribution is 6.17. The van der Waals surface area contributed by atoms with Gasteiger partial charge in [-0.25, -0.2) is 0 Å². The van der Waals surface area contributed by atoms with Crippen molar-refractivity contribution >= 4 is 11.6 Å². The number of hydrogen-bond donors (Lipinski definition) is 0. The van der Waals surface area contributed by atoms with Gasteiger partial charge in [0.05, 0.1) is 5.69 Å². The maximum absolute atomic E-state index is 5.66. The number of alkyl halides is 1. The summed E-state index contributed by atoms with van der Waals surface area (Å²) in [6, 6.07) is 0. The topological polar surface area (TPSA) is 30.7 Å². The van der Waals surface area contributed by atoms with Crippen molar-refractivity contribution in [3.05, 3.63) is 11.9 Å². The van der Waals surface area contributed by atoms with Crippen molar-refractivity contribution in [2.45, 2.75) is 71.3 Å². The van der Waals surface area contributed by atoms with Crippen molar-refractivity contribution in [2.24, 2.45) is 0 Å². The van der Waals surface area contributed by atoms with E-state index in [4.69, 9.17) is 11.6 Å². The standard InChI is InChI=1S/C14H26ClN3/c1-2-3-4-5-6-7-8-12-18-13-14(16-17-18)10-9-11-15/h13H,2-12H2,1H3. The molecule has 3 nitrogen and oxygen atoms in total. The van der Waals surface area contributed by atoms with E-state index < -0.39 is 0 Å². The van der Waals surface area contributed by atoms with Gasteiger partial charge in [0.1, 0.15) is 0 Å². The van der Waals surface area contributed by atoms with Gasteiger partial charge in [0.2, 0.25) is 0 Å². The molecule has 4 heteroatoms. The Kier molecular flexibility index (Phi) is 8.92. The van der Waals surface area contributed by atoms with Crippen LogP contribution in [0.25, 0.3) is 0 Å². The second-order valence-corrected chi connectivity index (χ2v) is 5.26. The Hall–Kier alpha value is -0.570. The molecule has 0 aliphatic carbocycles. The molecule has 0 N–H and O–H groups in total. The lowest BCUT2D eigenvalue weighted by atomic mass is 10.1. The van der Waals surface area contributed by atoms with Crippen LogP contribution < -0.4 is 0 Å². The Morgan fingerprint density at radius 2 is 1.78 bits per heavy atom. The van der Waals surface area contributed by atoms with E-state index in [1.807, 2.05) is 4.68 Å². The maximum atomic E-state index is 5.66. The Bertz CT molecular complexity index is 299. The third-order valence-corrected chi connectivity index (χ3v) is 3.41. The zero-order valence-corrected chi connectivity index (χ0v) is 12.3. The summed E-state index contributed by atoms with van der Waals surface area (Å²) in [7, 11) is 0. The lowest BCUT2D eigenvalue weighted by molar-refractivity contribution is 0.513. The van der Waals surface area contributed by atoms with Crippen molar-refractivity contribution in [3.8, 4) is 0 Å². The summed E-state index contributed by atoms with van der Waals surface area (Å²) >= 11 is 5.66. The Morgan fingerprint density at radius 3 is 2.50 bits per heavy atom. The van der Waals surface area contributed by atoms with Crippen molar-refractivity contribution in [1.82, 2.24) is 15.0 Å². The van der Waals surface area contributed by atoms with E-state index in [1.54, 1.807) is 0 Å². The van der Waals surface area contributed by atoms with Crippen LogP contribution in [0.4, 0.5) is 0 Å². The van der Waals surface area contributed by atoms with Gasteiger partial charge in [-0.15, -0.1) is 16.7 Å². The van der Waals surface area contributed by atoms with Gasteiger partial charge >= 0.3 is 0 Å². The van der Waals surface area contributed by atoms with Gasteiger partial charge in [0.15, 0.2) is 0 Å². The van der Waals surface area contributed by atoms with Gasteiger partial charge in [-0.05, 0) is 19.3 Å². The van der Waals surface area contributed by atoms with Crippen LogP contribution in [0.15, 0.2) is 6.20 Å². The molecule has 0 fully saturated rings. The molecule has 0 atom stereocenters. The molecule has 0 aromatic carbocycles. The highest BCUT2D eigenvalue weighted by Gasteiger charge is 2.00. The van der Waals surface area contributed by atoms with Gasteiger partial charge in [-0.2, -0.15) is 0 Å². The van der Waals surface area contributed by atoms with Crippen LogP contribution in [0.1, 0.15) is 64.0 Å². The third kappa shape index (κ3) is 7.00. The first kappa shape index (κ1) is 15.5. The highest BCUT2D eigenvalue weighted by Crippen LogP contribution is 2.08. The molecule has 0 bridgehead atoms. The maximum Gasteiger partial charge on any atom is 0.0827 e. The average molecular weight is 272 g/mol. The Balaban J connectivity index is 2.03. The second kappa shape index (κ2) is 10.4. The van der Waals surface area contributed by atoms with Gasteiger partial charge in [-0.1, -0.05) is 50.7 Å². The first-order valence-corrected chi connectivity index (χ1v) is 7.85. The van der Waals surface area contributed by atoms with Crippen LogP contribution in [0.3, 0.4) is 0 Å². The molecule has 0 radical (unpaired) electrons. The summed E-state index contributed by atoms with van der Waals surface area (Å²) in [4.78, 5) is 0. The zero-order valence-electron chi connectivity index (χ0n) is 11.6. The van der Waals surface area contributed by atoms with Gasteiger partial charge < -0.3 is 0 Å². The Morgan fingerprint density at radius 1 is 1.06 bits per heavy atom. The largest absolute Gasteiger partial charge is 0.252 e. The molecule has 0 saturated carbocycles. The number of aryl methyl sites for hydroxylation is 2. The fraction of sp³-hybridized carbons (Fsp3) is 0.857. The monoisotopic (exact) mass is 271 g/mol. The van der Waals surface area contributed by atoms with E-state index in [1.165, 1.54) is 44.9 Å². The molecule has 0 amide bonds. The normalized spacial score (nSPS) is 11.0. The van der Waals surface area contributed by atoms with Crippen LogP contribution >= 0.6 is 11.6 Å². The molecule has 104 valence electrons. The first-order chi connectivity index (χ1) is 8.86. The minimum Gasteiger partial charge on any atom is -0.252 e. The van der Waals surface area contributed by atoms with Crippen molar-refractivity contribution in [3.63, 3.8) is 0 Å². The summed E-state index contributed by atoms with van der Waals surface area (Å²) < 4.78 is 1.97. The number of nitrogens with zero attached hydrogens (tertiary/aromatic N) is 3. The van der Waals surface area contributed by atoms with E-state index in [-0.39, 0.29) is 0 Å². The fourth-order valence-electron chi connectivity index (χ4n) is 2.04.